The van der Waals surface area contributed by atoms with Crippen LogP contribution >= 0.6 is 11.6 Å². The van der Waals surface area contributed by atoms with Gasteiger partial charge in [-0.15, -0.1) is 0 Å². The summed E-state index contributed by atoms with van der Waals surface area (Å²) in [5, 5.41) is 9.74. The summed E-state index contributed by atoms with van der Waals surface area (Å²) in [5.74, 6) is 1.11. The van der Waals surface area contributed by atoms with Crippen LogP contribution in [0.25, 0.3) is 0 Å². The standard InChI is InChI=1S/C13H12ClNO2/c14-10-5-6-13(11(15)7-10)17-12-4-2-1-3-9(12)8-16/h1-7,16H,8,15H2. The van der Waals surface area contributed by atoms with Crippen LogP contribution in [0.15, 0.2) is 42.5 Å². The van der Waals surface area contributed by atoms with Crippen LogP contribution in [0.1, 0.15) is 5.56 Å². The number of aliphatic hydroxyl groups excluding tert-OH is 1. The minimum Gasteiger partial charge on any atom is -0.455 e. The third kappa shape index (κ3) is 2.70. The van der Waals surface area contributed by atoms with Crippen LogP contribution in [-0.4, -0.2) is 5.11 Å². The summed E-state index contributed by atoms with van der Waals surface area (Å²) < 4.78 is 5.64. The topological polar surface area (TPSA) is 55.5 Å². The molecule has 4 heteroatoms. The lowest BCUT2D eigenvalue weighted by Gasteiger charge is -2.11. The van der Waals surface area contributed by atoms with Crippen molar-refractivity contribution in [1.29, 1.82) is 0 Å². The summed E-state index contributed by atoms with van der Waals surface area (Å²) >= 11 is 5.80. The molecule has 0 amide bonds. The molecule has 0 aliphatic heterocycles. The Balaban J connectivity index is 2.31. The van der Waals surface area contributed by atoms with Gasteiger partial charge in [0.25, 0.3) is 0 Å². The Labute approximate surface area is 104 Å². The molecule has 0 saturated heterocycles. The summed E-state index contributed by atoms with van der Waals surface area (Å²) in [6.45, 7) is -0.0797. The van der Waals surface area contributed by atoms with Gasteiger partial charge < -0.3 is 15.6 Å². The SMILES string of the molecule is Nc1cc(Cl)ccc1Oc1ccccc1CO. The third-order valence-corrected chi connectivity index (χ3v) is 2.57. The number of nitrogen functional groups attached to an aromatic ring is 1. The molecule has 2 rings (SSSR count). The van der Waals surface area contributed by atoms with Gasteiger partial charge in [-0.3, -0.25) is 0 Å². The van der Waals surface area contributed by atoms with E-state index < -0.39 is 0 Å². The monoisotopic (exact) mass is 249 g/mol. The second-order valence-corrected chi connectivity index (χ2v) is 3.99. The Morgan fingerprint density at radius 3 is 2.59 bits per heavy atom. The number of hydrogen-bond donors (Lipinski definition) is 2. The Morgan fingerprint density at radius 2 is 1.88 bits per heavy atom. The fourth-order valence-electron chi connectivity index (χ4n) is 1.46. The summed E-state index contributed by atoms with van der Waals surface area (Å²) in [6.07, 6.45) is 0. The van der Waals surface area contributed by atoms with E-state index in [0.717, 1.165) is 0 Å². The molecule has 0 saturated carbocycles. The number of aliphatic hydroxyl groups is 1. The maximum absolute atomic E-state index is 9.18. The highest BCUT2D eigenvalue weighted by atomic mass is 35.5. The van der Waals surface area contributed by atoms with Gasteiger partial charge in [0.05, 0.1) is 12.3 Å². The number of hydrogen-bond acceptors (Lipinski definition) is 3. The lowest BCUT2D eigenvalue weighted by atomic mass is 10.2. The van der Waals surface area contributed by atoms with Crippen molar-refractivity contribution >= 4 is 17.3 Å². The number of para-hydroxylation sites is 1. The van der Waals surface area contributed by atoms with Gasteiger partial charge in [-0.05, 0) is 24.3 Å². The van der Waals surface area contributed by atoms with Crippen molar-refractivity contribution in [1.82, 2.24) is 0 Å². The number of ether oxygens (including phenoxy) is 1. The van der Waals surface area contributed by atoms with E-state index >= 15 is 0 Å². The van der Waals surface area contributed by atoms with E-state index in [4.69, 9.17) is 22.1 Å². The van der Waals surface area contributed by atoms with Gasteiger partial charge in [-0.1, -0.05) is 29.8 Å². The van der Waals surface area contributed by atoms with Gasteiger partial charge in [0.1, 0.15) is 11.5 Å². The van der Waals surface area contributed by atoms with E-state index in [1.807, 2.05) is 12.1 Å². The first-order chi connectivity index (χ1) is 8.20. The molecule has 88 valence electrons. The highest BCUT2D eigenvalue weighted by Gasteiger charge is 2.06. The minimum atomic E-state index is -0.0797. The molecule has 2 aromatic carbocycles. The highest BCUT2D eigenvalue weighted by molar-refractivity contribution is 6.30. The maximum Gasteiger partial charge on any atom is 0.150 e. The van der Waals surface area contributed by atoms with E-state index in [9.17, 15) is 5.11 Å². The minimum absolute atomic E-state index is 0.0797. The van der Waals surface area contributed by atoms with Crippen molar-refractivity contribution in [2.24, 2.45) is 0 Å². The lowest BCUT2D eigenvalue weighted by Crippen LogP contribution is -1.95. The zero-order valence-electron chi connectivity index (χ0n) is 9.06. The molecular formula is C13H12ClNO2. The van der Waals surface area contributed by atoms with Gasteiger partial charge in [0, 0.05) is 10.6 Å². The summed E-state index contributed by atoms with van der Waals surface area (Å²) in [4.78, 5) is 0. The second kappa shape index (κ2) is 5.08. The number of rotatable bonds is 3. The molecule has 0 bridgehead atoms. The van der Waals surface area contributed by atoms with Crippen molar-refractivity contribution < 1.29 is 9.84 Å². The normalized spacial score (nSPS) is 10.2. The van der Waals surface area contributed by atoms with Gasteiger partial charge in [0.15, 0.2) is 0 Å². The molecule has 0 heterocycles. The van der Waals surface area contributed by atoms with E-state index in [1.54, 1.807) is 30.3 Å². The molecule has 0 aliphatic carbocycles. The van der Waals surface area contributed by atoms with Crippen LogP contribution in [0.3, 0.4) is 0 Å². The zero-order chi connectivity index (χ0) is 12.3. The molecule has 0 aromatic heterocycles. The Bertz CT molecular complexity index is 529. The second-order valence-electron chi connectivity index (χ2n) is 3.55. The number of anilines is 1. The first kappa shape index (κ1) is 11.8. The van der Waals surface area contributed by atoms with Gasteiger partial charge >= 0.3 is 0 Å². The molecule has 0 fully saturated rings. The van der Waals surface area contributed by atoms with Crippen molar-refractivity contribution in [2.45, 2.75) is 6.61 Å². The molecular weight excluding hydrogens is 238 g/mol. The molecule has 0 radical (unpaired) electrons. The Hall–Kier alpha value is -1.71. The zero-order valence-corrected chi connectivity index (χ0v) is 9.82. The van der Waals surface area contributed by atoms with E-state index in [2.05, 4.69) is 0 Å². The quantitative estimate of drug-likeness (QED) is 0.822. The van der Waals surface area contributed by atoms with Crippen molar-refractivity contribution in [3.8, 4) is 11.5 Å². The molecule has 3 nitrogen and oxygen atoms in total. The Kier molecular flexibility index (Phi) is 3.52. The first-order valence-corrected chi connectivity index (χ1v) is 5.50. The van der Waals surface area contributed by atoms with Crippen LogP contribution in [0.4, 0.5) is 5.69 Å². The third-order valence-electron chi connectivity index (χ3n) is 2.33. The number of benzene rings is 2. The smallest absolute Gasteiger partial charge is 0.150 e. The predicted molar refractivity (Wildman–Crippen MR) is 68.3 cm³/mol. The van der Waals surface area contributed by atoms with Crippen LogP contribution in [0, 0.1) is 0 Å². The molecule has 17 heavy (non-hydrogen) atoms. The largest absolute Gasteiger partial charge is 0.455 e. The van der Waals surface area contributed by atoms with E-state index in [-0.39, 0.29) is 6.61 Å². The molecule has 0 spiro atoms. The van der Waals surface area contributed by atoms with Crippen molar-refractivity contribution in [3.63, 3.8) is 0 Å². The van der Waals surface area contributed by atoms with Crippen LogP contribution in [0.5, 0.6) is 11.5 Å². The van der Waals surface area contributed by atoms with Crippen LogP contribution < -0.4 is 10.5 Å². The molecule has 2 aromatic rings. The number of nitrogens with two attached hydrogens (primary N) is 1. The average Bonchev–Trinajstić information content (AvgIpc) is 2.33. The van der Waals surface area contributed by atoms with Gasteiger partial charge in [-0.25, -0.2) is 0 Å². The molecule has 0 unspecified atom stereocenters. The fraction of sp³-hybridized carbons (Fsp3) is 0.0769. The van der Waals surface area contributed by atoms with E-state index in [1.165, 1.54) is 0 Å². The predicted octanol–water partition coefficient (Wildman–Crippen LogP) is 3.21. The highest BCUT2D eigenvalue weighted by Crippen LogP contribution is 2.31. The molecule has 0 aliphatic rings. The molecule has 0 atom stereocenters. The average molecular weight is 250 g/mol. The summed E-state index contributed by atoms with van der Waals surface area (Å²) in [7, 11) is 0. The molecule has 3 N–H and O–H groups in total. The first-order valence-electron chi connectivity index (χ1n) is 5.12. The van der Waals surface area contributed by atoms with Crippen LogP contribution in [0.2, 0.25) is 5.02 Å². The van der Waals surface area contributed by atoms with Crippen LogP contribution in [-0.2, 0) is 6.61 Å². The van der Waals surface area contributed by atoms with Crippen molar-refractivity contribution in [2.75, 3.05) is 5.73 Å². The summed E-state index contributed by atoms with van der Waals surface area (Å²) in [6, 6.07) is 12.3. The number of halogens is 1. The van der Waals surface area contributed by atoms with Gasteiger partial charge in [0.2, 0.25) is 0 Å². The van der Waals surface area contributed by atoms with Gasteiger partial charge in [-0.2, -0.15) is 0 Å². The summed E-state index contributed by atoms with van der Waals surface area (Å²) in [5.41, 5.74) is 6.96. The lowest BCUT2D eigenvalue weighted by molar-refractivity contribution is 0.276. The fourth-order valence-corrected chi connectivity index (χ4v) is 1.65. The van der Waals surface area contributed by atoms with Crippen molar-refractivity contribution in [3.05, 3.63) is 53.1 Å². The van der Waals surface area contributed by atoms with E-state index in [0.29, 0.717) is 27.8 Å². The Morgan fingerprint density at radius 1 is 1.12 bits per heavy atom. The maximum atomic E-state index is 9.18.